The van der Waals surface area contributed by atoms with Gasteiger partial charge in [0.05, 0.1) is 21.7 Å². The van der Waals surface area contributed by atoms with Crippen molar-refractivity contribution in [1.29, 1.82) is 0 Å². The first-order valence-corrected chi connectivity index (χ1v) is 6.25. The van der Waals surface area contributed by atoms with Crippen LogP contribution in [0.5, 0.6) is 0 Å². The molecule has 19 heavy (non-hydrogen) atoms. The second-order valence-corrected chi connectivity index (χ2v) is 4.73. The van der Waals surface area contributed by atoms with Crippen LogP contribution in [-0.2, 0) is 4.79 Å². The van der Waals surface area contributed by atoms with E-state index in [0.29, 0.717) is 5.69 Å². The summed E-state index contributed by atoms with van der Waals surface area (Å²) in [5, 5.41) is 13.2. The number of carbonyl (C=O) groups is 1. The number of non-ortho nitro benzene ring substituents is 1. The van der Waals surface area contributed by atoms with Gasteiger partial charge in [-0.25, -0.2) is 0 Å². The van der Waals surface area contributed by atoms with Gasteiger partial charge in [-0.05, 0) is 12.0 Å². The molecule has 104 valence electrons. The molecule has 0 bridgehead atoms. The fourth-order valence-electron chi connectivity index (χ4n) is 1.45. The Morgan fingerprint density at radius 1 is 1.58 bits per heavy atom. The number of rotatable bonds is 5. The monoisotopic (exact) mass is 285 g/mol. The van der Waals surface area contributed by atoms with Crippen LogP contribution in [0.2, 0.25) is 5.02 Å². The van der Waals surface area contributed by atoms with Crippen molar-refractivity contribution in [2.75, 3.05) is 5.32 Å². The second kappa shape index (κ2) is 6.49. The summed E-state index contributed by atoms with van der Waals surface area (Å²) in [6, 6.07) is 3.21. The summed E-state index contributed by atoms with van der Waals surface area (Å²) in [5.41, 5.74) is 5.97. The highest BCUT2D eigenvalue weighted by Crippen LogP contribution is 2.26. The topological polar surface area (TPSA) is 98.3 Å². The Balaban J connectivity index is 2.83. The molecule has 0 heterocycles. The van der Waals surface area contributed by atoms with Gasteiger partial charge in [0, 0.05) is 12.1 Å². The number of nitrogens with zero attached hydrogens (tertiary/aromatic N) is 1. The Hall–Kier alpha value is -1.66. The molecular weight excluding hydrogens is 270 g/mol. The Morgan fingerprint density at radius 2 is 2.21 bits per heavy atom. The molecule has 0 saturated heterocycles. The number of nitro benzene ring substituents is 1. The average Bonchev–Trinajstić information content (AvgIpc) is 2.38. The van der Waals surface area contributed by atoms with Crippen molar-refractivity contribution in [3.63, 3.8) is 0 Å². The van der Waals surface area contributed by atoms with Crippen LogP contribution in [0.1, 0.15) is 20.3 Å². The van der Waals surface area contributed by atoms with Crippen LogP contribution in [0.15, 0.2) is 18.2 Å². The Morgan fingerprint density at radius 3 is 2.68 bits per heavy atom. The van der Waals surface area contributed by atoms with Crippen molar-refractivity contribution in [2.24, 2.45) is 11.7 Å². The molecule has 1 amide bonds. The zero-order chi connectivity index (χ0) is 14.6. The van der Waals surface area contributed by atoms with Gasteiger partial charge in [0.1, 0.15) is 0 Å². The first-order valence-electron chi connectivity index (χ1n) is 5.87. The number of nitro groups is 1. The zero-order valence-corrected chi connectivity index (χ0v) is 11.5. The predicted molar refractivity (Wildman–Crippen MR) is 74.2 cm³/mol. The number of anilines is 1. The summed E-state index contributed by atoms with van der Waals surface area (Å²) in [6.07, 6.45) is 0.780. The molecule has 0 aliphatic rings. The SMILES string of the molecule is CC[C@H](C)[C@H](N)C(=O)Nc1ccc([N+](=O)[O-])cc1Cl. The summed E-state index contributed by atoms with van der Waals surface area (Å²) < 4.78 is 0. The molecule has 0 spiro atoms. The number of benzene rings is 1. The van der Waals surface area contributed by atoms with Gasteiger partial charge in [0.2, 0.25) is 5.91 Å². The largest absolute Gasteiger partial charge is 0.323 e. The van der Waals surface area contributed by atoms with Crippen molar-refractivity contribution < 1.29 is 9.72 Å². The Labute approximate surface area is 116 Å². The lowest BCUT2D eigenvalue weighted by Crippen LogP contribution is -2.40. The molecule has 0 saturated carbocycles. The van der Waals surface area contributed by atoms with Gasteiger partial charge in [0.25, 0.3) is 5.69 Å². The highest BCUT2D eigenvalue weighted by molar-refractivity contribution is 6.34. The number of nitrogens with two attached hydrogens (primary N) is 1. The lowest BCUT2D eigenvalue weighted by molar-refractivity contribution is -0.384. The first-order chi connectivity index (χ1) is 8.86. The van der Waals surface area contributed by atoms with Crippen LogP contribution >= 0.6 is 11.6 Å². The molecule has 1 aromatic rings. The van der Waals surface area contributed by atoms with Crippen molar-refractivity contribution in [2.45, 2.75) is 26.3 Å². The van der Waals surface area contributed by atoms with Crippen molar-refractivity contribution in [3.8, 4) is 0 Å². The standard InChI is InChI=1S/C12H16ClN3O3/c1-3-7(2)11(14)12(17)15-10-5-4-8(16(18)19)6-9(10)13/h4-7,11H,3,14H2,1-2H3,(H,15,17)/t7-,11-/m0/s1. The van der Waals surface area contributed by atoms with E-state index in [0.717, 1.165) is 6.42 Å². The van der Waals surface area contributed by atoms with E-state index in [1.807, 2.05) is 13.8 Å². The van der Waals surface area contributed by atoms with Crippen molar-refractivity contribution >= 4 is 28.9 Å². The Kier molecular flexibility index (Phi) is 5.26. The molecule has 1 aromatic carbocycles. The van der Waals surface area contributed by atoms with E-state index in [1.165, 1.54) is 18.2 Å². The normalized spacial score (nSPS) is 13.7. The molecule has 0 radical (unpaired) electrons. The second-order valence-electron chi connectivity index (χ2n) is 4.32. The zero-order valence-electron chi connectivity index (χ0n) is 10.7. The molecule has 0 aliphatic carbocycles. The molecule has 1 rings (SSSR count). The summed E-state index contributed by atoms with van der Waals surface area (Å²) >= 11 is 5.88. The van der Waals surface area contributed by atoms with Gasteiger partial charge in [-0.3, -0.25) is 14.9 Å². The minimum atomic E-state index is -0.642. The fourth-order valence-corrected chi connectivity index (χ4v) is 1.67. The molecule has 0 unspecified atom stereocenters. The third-order valence-electron chi connectivity index (χ3n) is 2.98. The van der Waals surface area contributed by atoms with Gasteiger partial charge in [-0.2, -0.15) is 0 Å². The number of carbonyl (C=O) groups excluding carboxylic acids is 1. The predicted octanol–water partition coefficient (Wildman–Crippen LogP) is 2.56. The van der Waals surface area contributed by atoms with Crippen molar-refractivity contribution in [1.82, 2.24) is 0 Å². The third kappa shape index (κ3) is 3.90. The number of halogens is 1. The van der Waals surface area contributed by atoms with Gasteiger partial charge in [-0.1, -0.05) is 31.9 Å². The van der Waals surface area contributed by atoms with Crippen LogP contribution in [0.25, 0.3) is 0 Å². The maximum absolute atomic E-state index is 11.9. The molecule has 0 aromatic heterocycles. The smallest absolute Gasteiger partial charge is 0.271 e. The van der Waals surface area contributed by atoms with Crippen LogP contribution in [0, 0.1) is 16.0 Å². The van der Waals surface area contributed by atoms with E-state index in [9.17, 15) is 14.9 Å². The van der Waals surface area contributed by atoms with Gasteiger partial charge < -0.3 is 11.1 Å². The molecule has 6 nitrogen and oxygen atoms in total. The van der Waals surface area contributed by atoms with E-state index in [1.54, 1.807) is 0 Å². The van der Waals surface area contributed by atoms with Gasteiger partial charge in [-0.15, -0.1) is 0 Å². The summed E-state index contributed by atoms with van der Waals surface area (Å²) in [5.74, 6) is -0.318. The minimum Gasteiger partial charge on any atom is -0.323 e. The maximum Gasteiger partial charge on any atom is 0.271 e. The van der Waals surface area contributed by atoms with Crippen LogP contribution in [0.4, 0.5) is 11.4 Å². The molecule has 3 N–H and O–H groups in total. The summed E-state index contributed by atoms with van der Waals surface area (Å²) in [7, 11) is 0. The summed E-state index contributed by atoms with van der Waals surface area (Å²) in [6.45, 7) is 3.82. The first kappa shape index (κ1) is 15.4. The lowest BCUT2D eigenvalue weighted by atomic mass is 9.99. The Bertz CT molecular complexity index is 493. The number of hydrogen-bond donors (Lipinski definition) is 2. The maximum atomic E-state index is 11.9. The fraction of sp³-hybridized carbons (Fsp3) is 0.417. The highest BCUT2D eigenvalue weighted by atomic mass is 35.5. The molecule has 0 fully saturated rings. The van der Waals surface area contributed by atoms with E-state index >= 15 is 0 Å². The quantitative estimate of drug-likeness (QED) is 0.641. The van der Waals surface area contributed by atoms with Crippen molar-refractivity contribution in [3.05, 3.63) is 33.3 Å². The molecule has 7 heteroatoms. The van der Waals surface area contributed by atoms with Crippen LogP contribution in [-0.4, -0.2) is 16.9 Å². The van der Waals surface area contributed by atoms with Crippen LogP contribution < -0.4 is 11.1 Å². The number of amides is 1. The third-order valence-corrected chi connectivity index (χ3v) is 3.29. The lowest BCUT2D eigenvalue weighted by Gasteiger charge is -2.18. The molecule has 0 aliphatic heterocycles. The summed E-state index contributed by atoms with van der Waals surface area (Å²) in [4.78, 5) is 21.9. The van der Waals surface area contributed by atoms with E-state index < -0.39 is 11.0 Å². The van der Waals surface area contributed by atoms with E-state index in [-0.39, 0.29) is 22.5 Å². The van der Waals surface area contributed by atoms with E-state index in [4.69, 9.17) is 17.3 Å². The van der Waals surface area contributed by atoms with E-state index in [2.05, 4.69) is 5.32 Å². The van der Waals surface area contributed by atoms with Gasteiger partial charge >= 0.3 is 0 Å². The highest BCUT2D eigenvalue weighted by Gasteiger charge is 2.20. The molecule has 2 atom stereocenters. The molecular formula is C12H16ClN3O3. The van der Waals surface area contributed by atoms with Gasteiger partial charge in [0.15, 0.2) is 0 Å². The minimum absolute atomic E-state index is 0.0387. The average molecular weight is 286 g/mol. The van der Waals surface area contributed by atoms with Crippen LogP contribution in [0.3, 0.4) is 0 Å². The number of nitrogens with one attached hydrogen (secondary N) is 1. The number of hydrogen-bond acceptors (Lipinski definition) is 4.